The molecule has 1 N–H and O–H groups in total. The number of fused-ring (bicyclic) bond motifs is 1. The first-order valence-electron chi connectivity index (χ1n) is 9.53. The van der Waals surface area contributed by atoms with Gasteiger partial charge in [-0.15, -0.1) is 11.3 Å². The van der Waals surface area contributed by atoms with Crippen molar-refractivity contribution in [3.63, 3.8) is 0 Å². The highest BCUT2D eigenvalue weighted by Crippen LogP contribution is 2.60. The van der Waals surface area contributed by atoms with Crippen molar-refractivity contribution in [3.05, 3.63) is 16.0 Å². The number of hydrogen-bond acceptors (Lipinski definition) is 3. The fourth-order valence-electron chi connectivity index (χ4n) is 6.40. The first-order chi connectivity index (χ1) is 11.7. The average Bonchev–Trinajstić information content (AvgIpc) is 2.90. The van der Waals surface area contributed by atoms with Crippen molar-refractivity contribution in [2.24, 2.45) is 23.2 Å². The predicted molar refractivity (Wildman–Crippen MR) is 94.9 cm³/mol. The van der Waals surface area contributed by atoms with Crippen LogP contribution in [-0.2, 0) is 17.6 Å². The Kier molecular flexibility index (Phi) is 3.32. The molecule has 0 aromatic carbocycles. The molecule has 4 bridgehead atoms. The first kappa shape index (κ1) is 15.0. The molecule has 5 aliphatic rings. The molecule has 3 nitrogen and oxygen atoms in total. The van der Waals surface area contributed by atoms with Crippen molar-refractivity contribution in [1.82, 2.24) is 0 Å². The van der Waals surface area contributed by atoms with E-state index in [1.807, 2.05) is 0 Å². The summed E-state index contributed by atoms with van der Waals surface area (Å²) in [4.78, 5) is 14.6. The van der Waals surface area contributed by atoms with Crippen LogP contribution in [0.15, 0.2) is 0 Å². The van der Waals surface area contributed by atoms with Gasteiger partial charge in [-0.25, -0.2) is 0 Å². The lowest BCUT2D eigenvalue weighted by Gasteiger charge is -2.55. The van der Waals surface area contributed by atoms with Gasteiger partial charge >= 0.3 is 0 Å². The summed E-state index contributed by atoms with van der Waals surface area (Å²) in [5, 5.41) is 13.7. The Morgan fingerprint density at radius 3 is 2.33 bits per heavy atom. The van der Waals surface area contributed by atoms with Gasteiger partial charge in [0.15, 0.2) is 0 Å². The maximum Gasteiger partial charge on any atom is 0.231 e. The van der Waals surface area contributed by atoms with Crippen molar-refractivity contribution >= 4 is 22.2 Å². The third-order valence-corrected chi connectivity index (χ3v) is 8.24. The number of hydrogen-bond donors (Lipinski definition) is 1. The molecule has 4 saturated carbocycles. The molecule has 4 heteroatoms. The van der Waals surface area contributed by atoms with Gasteiger partial charge in [0.1, 0.15) is 11.1 Å². The van der Waals surface area contributed by atoms with E-state index in [1.165, 1.54) is 42.5 Å². The van der Waals surface area contributed by atoms with E-state index < -0.39 is 0 Å². The largest absolute Gasteiger partial charge is 0.316 e. The predicted octanol–water partition coefficient (Wildman–Crippen LogP) is 4.65. The molecule has 5 aliphatic carbocycles. The van der Waals surface area contributed by atoms with E-state index in [0.29, 0.717) is 0 Å². The van der Waals surface area contributed by atoms with Crippen LogP contribution >= 0.6 is 11.3 Å². The van der Waals surface area contributed by atoms with E-state index >= 15 is 0 Å². The monoisotopic (exact) mass is 340 g/mol. The van der Waals surface area contributed by atoms with Crippen LogP contribution in [0.25, 0.3) is 0 Å². The summed E-state index contributed by atoms with van der Waals surface area (Å²) in [7, 11) is 0. The van der Waals surface area contributed by atoms with E-state index in [-0.39, 0.29) is 11.3 Å². The SMILES string of the molecule is N#Cc1c(NC(=O)C23CC4CC(CC(C4)C2)C3)sc2c1CCCC2. The molecular weight excluding hydrogens is 316 g/mol. The molecule has 0 aliphatic heterocycles. The fraction of sp³-hybridized carbons (Fsp3) is 0.700. The van der Waals surface area contributed by atoms with Gasteiger partial charge in [0.2, 0.25) is 5.91 Å². The highest BCUT2D eigenvalue weighted by molar-refractivity contribution is 7.16. The van der Waals surface area contributed by atoms with Crippen molar-refractivity contribution in [2.75, 3.05) is 5.32 Å². The Morgan fingerprint density at radius 2 is 1.71 bits per heavy atom. The molecular formula is C20H24N2OS. The molecule has 1 heterocycles. The molecule has 0 spiro atoms. The van der Waals surface area contributed by atoms with Crippen molar-refractivity contribution in [3.8, 4) is 6.07 Å². The minimum atomic E-state index is -0.133. The van der Waals surface area contributed by atoms with Crippen LogP contribution in [0.3, 0.4) is 0 Å². The Labute approximate surface area is 147 Å². The zero-order chi connectivity index (χ0) is 16.3. The first-order valence-corrected chi connectivity index (χ1v) is 10.3. The molecule has 0 unspecified atom stereocenters. The number of anilines is 1. The fourth-order valence-corrected chi connectivity index (χ4v) is 7.63. The lowest BCUT2D eigenvalue weighted by Crippen LogP contribution is -2.51. The number of rotatable bonds is 2. The van der Waals surface area contributed by atoms with Crippen LogP contribution in [0, 0.1) is 34.5 Å². The van der Waals surface area contributed by atoms with E-state index in [2.05, 4.69) is 11.4 Å². The second-order valence-corrected chi connectivity index (χ2v) is 9.78. The van der Waals surface area contributed by atoms with E-state index in [0.717, 1.165) is 60.4 Å². The van der Waals surface area contributed by atoms with Crippen molar-refractivity contribution in [2.45, 2.75) is 64.2 Å². The average molecular weight is 340 g/mol. The number of carbonyl (C=O) groups excluding carboxylic acids is 1. The number of nitrogens with zero attached hydrogens (tertiary/aromatic N) is 1. The maximum atomic E-state index is 13.2. The minimum absolute atomic E-state index is 0.133. The van der Waals surface area contributed by atoms with Crippen LogP contribution in [0.4, 0.5) is 5.00 Å². The standard InChI is InChI=1S/C20H24N2OS/c21-11-16-15-3-1-2-4-17(15)24-18(16)22-19(23)20-8-12-5-13(9-20)7-14(6-12)10-20/h12-14H,1-10H2,(H,22,23). The zero-order valence-corrected chi connectivity index (χ0v) is 14.9. The number of carbonyl (C=O) groups is 1. The van der Waals surface area contributed by atoms with Crippen LogP contribution in [-0.4, -0.2) is 5.91 Å². The van der Waals surface area contributed by atoms with Crippen LogP contribution in [0.2, 0.25) is 0 Å². The van der Waals surface area contributed by atoms with Crippen LogP contribution < -0.4 is 5.32 Å². The number of nitrogens with one attached hydrogen (secondary N) is 1. The molecule has 24 heavy (non-hydrogen) atoms. The Morgan fingerprint density at radius 1 is 1.08 bits per heavy atom. The molecule has 6 rings (SSSR count). The van der Waals surface area contributed by atoms with Crippen molar-refractivity contribution in [1.29, 1.82) is 5.26 Å². The van der Waals surface area contributed by atoms with Gasteiger partial charge < -0.3 is 5.32 Å². The quantitative estimate of drug-likeness (QED) is 0.851. The van der Waals surface area contributed by atoms with Gasteiger partial charge in [-0.2, -0.15) is 5.26 Å². The van der Waals surface area contributed by atoms with Gasteiger partial charge in [-0.1, -0.05) is 0 Å². The number of nitriles is 1. The number of aryl methyl sites for hydroxylation is 1. The van der Waals surface area contributed by atoms with E-state index in [9.17, 15) is 10.1 Å². The maximum absolute atomic E-state index is 13.2. The second-order valence-electron chi connectivity index (χ2n) is 8.68. The molecule has 1 amide bonds. The molecule has 1 aromatic heterocycles. The third kappa shape index (κ3) is 2.17. The van der Waals surface area contributed by atoms with Crippen molar-refractivity contribution < 1.29 is 4.79 Å². The minimum Gasteiger partial charge on any atom is -0.316 e. The summed E-state index contributed by atoms with van der Waals surface area (Å²) in [5.74, 6) is 2.54. The van der Waals surface area contributed by atoms with E-state index in [4.69, 9.17) is 0 Å². The second kappa shape index (κ2) is 5.33. The third-order valence-electron chi connectivity index (χ3n) is 7.03. The summed E-state index contributed by atoms with van der Waals surface area (Å²) in [5.41, 5.74) is 1.84. The normalized spacial score (nSPS) is 36.2. The molecule has 1 aromatic rings. The van der Waals surface area contributed by atoms with Gasteiger partial charge in [-0.05, 0) is 87.5 Å². The lowest BCUT2D eigenvalue weighted by molar-refractivity contribution is -0.140. The Hall–Kier alpha value is -1.34. The molecule has 0 radical (unpaired) electrons. The zero-order valence-electron chi connectivity index (χ0n) is 14.1. The summed E-state index contributed by atoms with van der Waals surface area (Å²) < 4.78 is 0. The Balaban J connectivity index is 1.43. The van der Waals surface area contributed by atoms with Crippen LogP contribution in [0.1, 0.15) is 67.4 Å². The van der Waals surface area contributed by atoms with Gasteiger partial charge in [-0.3, -0.25) is 4.79 Å². The number of thiophene rings is 1. The summed E-state index contributed by atoms with van der Waals surface area (Å²) >= 11 is 1.66. The molecule has 126 valence electrons. The van der Waals surface area contributed by atoms with Crippen LogP contribution in [0.5, 0.6) is 0 Å². The van der Waals surface area contributed by atoms with E-state index in [1.54, 1.807) is 11.3 Å². The van der Waals surface area contributed by atoms with Gasteiger partial charge in [0.25, 0.3) is 0 Å². The number of amides is 1. The van der Waals surface area contributed by atoms with Gasteiger partial charge in [0, 0.05) is 4.88 Å². The molecule has 4 fully saturated rings. The summed E-state index contributed by atoms with van der Waals surface area (Å²) in [6.07, 6.45) is 11.7. The lowest BCUT2D eigenvalue weighted by atomic mass is 9.49. The van der Waals surface area contributed by atoms with Gasteiger partial charge in [0.05, 0.1) is 11.0 Å². The Bertz CT molecular complexity index is 706. The molecule has 0 atom stereocenters. The summed E-state index contributed by atoms with van der Waals surface area (Å²) in [6.45, 7) is 0. The highest BCUT2D eigenvalue weighted by atomic mass is 32.1. The topological polar surface area (TPSA) is 52.9 Å². The highest BCUT2D eigenvalue weighted by Gasteiger charge is 2.54. The summed E-state index contributed by atoms with van der Waals surface area (Å²) in [6, 6.07) is 2.38. The smallest absolute Gasteiger partial charge is 0.231 e. The molecule has 0 saturated heterocycles.